The van der Waals surface area contributed by atoms with Crippen molar-refractivity contribution in [1.29, 1.82) is 0 Å². The summed E-state index contributed by atoms with van der Waals surface area (Å²) in [5.41, 5.74) is 4.06. The first-order valence-electron chi connectivity index (χ1n) is 8.07. The number of aryl methyl sites for hydroxylation is 1. The molecule has 2 rings (SSSR count). The molecule has 2 unspecified atom stereocenters. The molecular formula is C19H27N. The second-order valence-corrected chi connectivity index (χ2v) is 5.92. The molecule has 0 aliphatic rings. The van der Waals surface area contributed by atoms with E-state index in [0.29, 0.717) is 5.92 Å². The molecule has 20 heavy (non-hydrogen) atoms. The number of hydrogen-bond donors (Lipinski definition) is 0. The van der Waals surface area contributed by atoms with Crippen LogP contribution in [0.2, 0.25) is 0 Å². The average molecular weight is 269 g/mol. The van der Waals surface area contributed by atoms with Crippen LogP contribution in [-0.2, 0) is 6.42 Å². The van der Waals surface area contributed by atoms with Gasteiger partial charge in [0.05, 0.1) is 5.52 Å². The maximum atomic E-state index is 4.63. The average Bonchev–Trinajstić information content (AvgIpc) is 2.51. The molecule has 1 aromatic heterocycles. The van der Waals surface area contributed by atoms with Crippen LogP contribution in [0.1, 0.15) is 64.0 Å². The zero-order valence-electron chi connectivity index (χ0n) is 13.3. The van der Waals surface area contributed by atoms with E-state index in [0.717, 1.165) is 12.3 Å². The Balaban J connectivity index is 2.48. The standard InChI is InChI=1S/C19H27N/c1-5-14(4)13-16(7-3)17-11-10-15(6-2)19-18(17)9-8-12-20-19/h8-12,14,16H,5-7,13H2,1-4H3. The van der Waals surface area contributed by atoms with E-state index in [4.69, 9.17) is 0 Å². The van der Waals surface area contributed by atoms with E-state index in [1.54, 1.807) is 0 Å². The van der Waals surface area contributed by atoms with Gasteiger partial charge in [-0.25, -0.2) is 0 Å². The van der Waals surface area contributed by atoms with Gasteiger partial charge in [0.2, 0.25) is 0 Å². The maximum Gasteiger partial charge on any atom is 0.0736 e. The van der Waals surface area contributed by atoms with Gasteiger partial charge in [0.15, 0.2) is 0 Å². The molecule has 1 nitrogen and oxygen atoms in total. The fourth-order valence-electron chi connectivity index (χ4n) is 3.06. The van der Waals surface area contributed by atoms with E-state index in [1.807, 2.05) is 6.20 Å². The van der Waals surface area contributed by atoms with E-state index in [2.05, 4.69) is 56.9 Å². The summed E-state index contributed by atoms with van der Waals surface area (Å²) in [6.45, 7) is 9.17. The molecule has 0 saturated heterocycles. The van der Waals surface area contributed by atoms with Crippen molar-refractivity contribution in [2.45, 2.75) is 59.3 Å². The van der Waals surface area contributed by atoms with Gasteiger partial charge in [-0.05, 0) is 48.3 Å². The quantitative estimate of drug-likeness (QED) is 0.653. The fraction of sp³-hybridized carbons (Fsp3) is 0.526. The molecule has 0 N–H and O–H groups in total. The van der Waals surface area contributed by atoms with Gasteiger partial charge in [0, 0.05) is 11.6 Å². The number of hydrogen-bond acceptors (Lipinski definition) is 1. The van der Waals surface area contributed by atoms with Crippen molar-refractivity contribution >= 4 is 10.9 Å². The third kappa shape index (κ3) is 3.03. The van der Waals surface area contributed by atoms with Crippen molar-refractivity contribution in [3.8, 4) is 0 Å². The number of rotatable bonds is 6. The highest BCUT2D eigenvalue weighted by molar-refractivity contribution is 5.85. The number of nitrogens with zero attached hydrogens (tertiary/aromatic N) is 1. The van der Waals surface area contributed by atoms with Gasteiger partial charge in [-0.3, -0.25) is 4.98 Å². The molecule has 2 aromatic rings. The molecule has 0 aliphatic heterocycles. The highest BCUT2D eigenvalue weighted by Gasteiger charge is 2.16. The summed E-state index contributed by atoms with van der Waals surface area (Å²) in [4.78, 5) is 4.63. The molecular weight excluding hydrogens is 242 g/mol. The van der Waals surface area contributed by atoms with Crippen molar-refractivity contribution < 1.29 is 0 Å². The predicted octanol–water partition coefficient (Wildman–Crippen LogP) is 5.73. The lowest BCUT2D eigenvalue weighted by molar-refractivity contribution is 0.448. The molecule has 108 valence electrons. The first kappa shape index (κ1) is 15.0. The summed E-state index contributed by atoms with van der Waals surface area (Å²) in [5, 5.41) is 1.36. The summed E-state index contributed by atoms with van der Waals surface area (Å²) in [6.07, 6.45) is 6.72. The van der Waals surface area contributed by atoms with Crippen LogP contribution in [0.5, 0.6) is 0 Å². The largest absolute Gasteiger partial charge is 0.256 e. The van der Waals surface area contributed by atoms with Crippen molar-refractivity contribution in [2.75, 3.05) is 0 Å². The Hall–Kier alpha value is -1.37. The number of fused-ring (bicyclic) bond motifs is 1. The SMILES string of the molecule is CCc1ccc(C(CC)CC(C)CC)c2cccnc12. The molecule has 0 saturated carbocycles. The minimum absolute atomic E-state index is 0.655. The molecule has 0 amide bonds. The summed E-state index contributed by atoms with van der Waals surface area (Å²) < 4.78 is 0. The molecule has 0 aliphatic carbocycles. The molecule has 1 heterocycles. The highest BCUT2D eigenvalue weighted by Crippen LogP contribution is 2.33. The lowest BCUT2D eigenvalue weighted by Gasteiger charge is -2.21. The smallest absolute Gasteiger partial charge is 0.0736 e. The van der Waals surface area contributed by atoms with Crippen LogP contribution in [0.15, 0.2) is 30.5 Å². The zero-order chi connectivity index (χ0) is 14.5. The van der Waals surface area contributed by atoms with E-state index in [-0.39, 0.29) is 0 Å². The first-order chi connectivity index (χ1) is 9.71. The van der Waals surface area contributed by atoms with E-state index in [1.165, 1.54) is 41.3 Å². The van der Waals surface area contributed by atoms with Gasteiger partial charge in [0.1, 0.15) is 0 Å². The van der Waals surface area contributed by atoms with Crippen LogP contribution in [0.4, 0.5) is 0 Å². The molecule has 0 bridgehead atoms. The Morgan fingerprint density at radius 1 is 1.05 bits per heavy atom. The van der Waals surface area contributed by atoms with Crippen LogP contribution in [-0.4, -0.2) is 4.98 Å². The Labute approximate surface area is 123 Å². The first-order valence-corrected chi connectivity index (χ1v) is 8.07. The minimum atomic E-state index is 0.655. The van der Waals surface area contributed by atoms with E-state index in [9.17, 15) is 0 Å². The van der Waals surface area contributed by atoms with Crippen LogP contribution >= 0.6 is 0 Å². The fourth-order valence-corrected chi connectivity index (χ4v) is 3.06. The zero-order valence-corrected chi connectivity index (χ0v) is 13.3. The Kier molecular flexibility index (Phi) is 5.17. The van der Waals surface area contributed by atoms with Crippen LogP contribution in [0, 0.1) is 5.92 Å². The highest BCUT2D eigenvalue weighted by atomic mass is 14.6. The van der Waals surface area contributed by atoms with Crippen molar-refractivity contribution in [3.05, 3.63) is 41.6 Å². The summed E-state index contributed by atoms with van der Waals surface area (Å²) in [6, 6.07) is 8.95. The van der Waals surface area contributed by atoms with Crippen molar-refractivity contribution in [1.82, 2.24) is 4.98 Å². The Morgan fingerprint density at radius 2 is 1.85 bits per heavy atom. The topological polar surface area (TPSA) is 12.9 Å². The normalized spacial score (nSPS) is 14.4. The summed E-state index contributed by atoms with van der Waals surface area (Å²) >= 11 is 0. The molecule has 0 spiro atoms. The third-order valence-corrected chi connectivity index (χ3v) is 4.58. The number of pyridine rings is 1. The minimum Gasteiger partial charge on any atom is -0.256 e. The van der Waals surface area contributed by atoms with E-state index >= 15 is 0 Å². The summed E-state index contributed by atoms with van der Waals surface area (Å²) in [7, 11) is 0. The third-order valence-electron chi connectivity index (χ3n) is 4.58. The molecule has 1 heteroatoms. The Bertz CT molecular complexity index is 559. The van der Waals surface area contributed by atoms with Crippen molar-refractivity contribution in [3.63, 3.8) is 0 Å². The Morgan fingerprint density at radius 3 is 2.50 bits per heavy atom. The maximum absolute atomic E-state index is 4.63. The van der Waals surface area contributed by atoms with Gasteiger partial charge in [-0.1, -0.05) is 52.3 Å². The van der Waals surface area contributed by atoms with E-state index < -0.39 is 0 Å². The molecule has 1 aromatic carbocycles. The monoisotopic (exact) mass is 269 g/mol. The summed E-state index contributed by atoms with van der Waals surface area (Å²) in [5.74, 6) is 1.44. The second kappa shape index (κ2) is 6.88. The van der Waals surface area contributed by atoms with Crippen LogP contribution < -0.4 is 0 Å². The molecule has 2 atom stereocenters. The molecule has 0 fully saturated rings. The second-order valence-electron chi connectivity index (χ2n) is 5.92. The van der Waals surface area contributed by atoms with Gasteiger partial charge in [-0.15, -0.1) is 0 Å². The van der Waals surface area contributed by atoms with Gasteiger partial charge in [-0.2, -0.15) is 0 Å². The van der Waals surface area contributed by atoms with Gasteiger partial charge < -0.3 is 0 Å². The predicted molar refractivity (Wildman–Crippen MR) is 88.2 cm³/mol. The molecule has 0 radical (unpaired) electrons. The lowest BCUT2D eigenvalue weighted by Crippen LogP contribution is -2.05. The van der Waals surface area contributed by atoms with Gasteiger partial charge in [0.25, 0.3) is 0 Å². The number of aromatic nitrogens is 1. The van der Waals surface area contributed by atoms with Crippen LogP contribution in [0.3, 0.4) is 0 Å². The van der Waals surface area contributed by atoms with Gasteiger partial charge >= 0.3 is 0 Å². The van der Waals surface area contributed by atoms with Crippen LogP contribution in [0.25, 0.3) is 10.9 Å². The van der Waals surface area contributed by atoms with Crippen molar-refractivity contribution in [2.24, 2.45) is 5.92 Å². The lowest BCUT2D eigenvalue weighted by atomic mass is 9.84. The number of benzene rings is 1.